The highest BCUT2D eigenvalue weighted by Gasteiger charge is 2.30. The molecule has 182 valence electrons. The van der Waals surface area contributed by atoms with Gasteiger partial charge in [-0.05, 0) is 61.1 Å². The summed E-state index contributed by atoms with van der Waals surface area (Å²) in [6.45, 7) is 1.50. The van der Waals surface area contributed by atoms with Gasteiger partial charge in [0.2, 0.25) is 6.04 Å². The standard InChI is InChI=1S/C23H21Cl2N5O5/c24-17-8-14(28-29-19(10-26)22(32)35-23(27)33)9-18(25)20(17)34-15-3-4-16-13(7-15)5-6-30(21(16)31)11-12-1-2-12/h3-4,7-9,12,19,28-29H,1-2,5-6,11H2,(H2,27,33). The number of fused-ring (bicyclic) bond motifs is 1. The summed E-state index contributed by atoms with van der Waals surface area (Å²) < 4.78 is 10.1. The molecule has 1 fully saturated rings. The number of esters is 1. The average molecular weight is 518 g/mol. The summed E-state index contributed by atoms with van der Waals surface area (Å²) in [6, 6.07) is 8.27. The molecule has 0 saturated heterocycles. The normalized spacial score (nSPS) is 15.6. The first-order valence-electron chi connectivity index (χ1n) is 10.8. The fraction of sp³-hybridized carbons (Fsp3) is 0.304. The summed E-state index contributed by atoms with van der Waals surface area (Å²) in [7, 11) is 0. The third-order valence-corrected chi connectivity index (χ3v) is 6.13. The van der Waals surface area contributed by atoms with Crippen LogP contribution in [0, 0.1) is 17.2 Å². The summed E-state index contributed by atoms with van der Waals surface area (Å²) in [5.41, 5.74) is 11.6. The lowest BCUT2D eigenvalue weighted by molar-refractivity contribution is -0.137. The number of nitrogens with one attached hydrogen (secondary N) is 2. The van der Waals surface area contributed by atoms with Crippen LogP contribution in [0.4, 0.5) is 10.5 Å². The molecule has 2 aliphatic rings. The smallest absolute Gasteiger partial charge is 0.412 e. The molecule has 1 atom stereocenters. The quantitative estimate of drug-likeness (QED) is 0.273. The number of nitriles is 1. The van der Waals surface area contributed by atoms with E-state index < -0.39 is 18.1 Å². The maximum atomic E-state index is 12.8. The molecule has 2 amide bonds. The zero-order chi connectivity index (χ0) is 25.1. The number of amides is 2. The van der Waals surface area contributed by atoms with Crippen molar-refractivity contribution >= 4 is 46.9 Å². The maximum absolute atomic E-state index is 12.8. The van der Waals surface area contributed by atoms with E-state index in [0.29, 0.717) is 29.5 Å². The molecule has 1 heterocycles. The van der Waals surface area contributed by atoms with Gasteiger partial charge in [-0.2, -0.15) is 5.26 Å². The van der Waals surface area contributed by atoms with Crippen LogP contribution in [0.5, 0.6) is 11.5 Å². The van der Waals surface area contributed by atoms with Crippen LogP contribution in [0.15, 0.2) is 30.3 Å². The fourth-order valence-corrected chi connectivity index (χ4v) is 4.23. The monoisotopic (exact) mass is 517 g/mol. The number of nitrogens with zero attached hydrogens (tertiary/aromatic N) is 2. The molecule has 0 bridgehead atoms. The van der Waals surface area contributed by atoms with E-state index in [4.69, 9.17) is 38.9 Å². The summed E-state index contributed by atoms with van der Waals surface area (Å²) in [6.07, 6.45) is 1.79. The van der Waals surface area contributed by atoms with Gasteiger partial charge in [0.05, 0.1) is 21.8 Å². The summed E-state index contributed by atoms with van der Waals surface area (Å²) in [5, 5.41) is 9.36. The van der Waals surface area contributed by atoms with E-state index in [-0.39, 0.29) is 21.7 Å². The molecule has 1 saturated carbocycles. The molecule has 1 unspecified atom stereocenters. The minimum absolute atomic E-state index is 0.0408. The summed E-state index contributed by atoms with van der Waals surface area (Å²) >= 11 is 12.7. The number of halogens is 2. The summed E-state index contributed by atoms with van der Waals surface area (Å²) in [5.74, 6) is 0.176. The van der Waals surface area contributed by atoms with E-state index in [9.17, 15) is 14.4 Å². The second-order valence-corrected chi connectivity index (χ2v) is 9.02. The van der Waals surface area contributed by atoms with Crippen molar-refractivity contribution in [2.24, 2.45) is 11.7 Å². The van der Waals surface area contributed by atoms with Gasteiger partial charge in [-0.15, -0.1) is 0 Å². The lowest BCUT2D eigenvalue weighted by Gasteiger charge is -2.29. The van der Waals surface area contributed by atoms with Crippen LogP contribution in [-0.2, 0) is 16.0 Å². The van der Waals surface area contributed by atoms with Gasteiger partial charge in [0.25, 0.3) is 5.91 Å². The molecule has 10 nitrogen and oxygen atoms in total. The largest absolute Gasteiger partial charge is 0.454 e. The first kappa shape index (κ1) is 24.6. The zero-order valence-corrected chi connectivity index (χ0v) is 19.9. The van der Waals surface area contributed by atoms with Crippen molar-refractivity contribution in [3.63, 3.8) is 0 Å². The van der Waals surface area contributed by atoms with Gasteiger partial charge in [-0.25, -0.2) is 15.0 Å². The first-order chi connectivity index (χ1) is 16.7. The van der Waals surface area contributed by atoms with Crippen molar-refractivity contribution in [3.05, 3.63) is 51.5 Å². The average Bonchev–Trinajstić information content (AvgIpc) is 3.62. The second-order valence-electron chi connectivity index (χ2n) is 8.21. The number of anilines is 1. The van der Waals surface area contributed by atoms with Gasteiger partial charge < -0.3 is 25.5 Å². The Labute approximate surface area is 210 Å². The number of carbonyl (C=O) groups excluding carboxylic acids is 3. The molecule has 1 aliphatic heterocycles. The molecule has 0 aromatic heterocycles. The SMILES string of the molecule is N#CC(NNc1cc(Cl)c(Oc2ccc3c(c2)CCN(CC2CC2)C3=O)c(Cl)c1)C(=O)OC(N)=O. The van der Waals surface area contributed by atoms with Crippen LogP contribution < -0.4 is 21.3 Å². The van der Waals surface area contributed by atoms with Crippen molar-refractivity contribution in [1.82, 2.24) is 10.3 Å². The Bertz CT molecular complexity index is 1200. The number of rotatable bonds is 8. The Morgan fingerprint density at radius 2 is 1.94 bits per heavy atom. The number of benzene rings is 2. The van der Waals surface area contributed by atoms with Gasteiger partial charge in [0.15, 0.2) is 5.75 Å². The van der Waals surface area contributed by atoms with E-state index in [2.05, 4.69) is 15.6 Å². The third kappa shape index (κ3) is 5.95. The third-order valence-electron chi connectivity index (χ3n) is 5.57. The molecule has 4 N–H and O–H groups in total. The van der Waals surface area contributed by atoms with Crippen LogP contribution in [-0.4, -0.2) is 42.0 Å². The second kappa shape index (κ2) is 10.4. The van der Waals surface area contributed by atoms with Crippen molar-refractivity contribution in [2.75, 3.05) is 18.5 Å². The van der Waals surface area contributed by atoms with Crippen LogP contribution in [0.2, 0.25) is 10.0 Å². The molecular weight excluding hydrogens is 497 g/mol. The number of hydrogen-bond acceptors (Lipinski definition) is 8. The van der Waals surface area contributed by atoms with Crippen LogP contribution in [0.25, 0.3) is 0 Å². The molecule has 2 aromatic rings. The predicted molar refractivity (Wildman–Crippen MR) is 127 cm³/mol. The van der Waals surface area contributed by atoms with Gasteiger partial charge in [-0.3, -0.25) is 4.79 Å². The van der Waals surface area contributed by atoms with Gasteiger partial charge in [0.1, 0.15) is 5.75 Å². The van der Waals surface area contributed by atoms with Crippen molar-refractivity contribution in [1.29, 1.82) is 5.26 Å². The van der Waals surface area contributed by atoms with Crippen molar-refractivity contribution < 1.29 is 23.9 Å². The highest BCUT2D eigenvalue weighted by molar-refractivity contribution is 6.37. The van der Waals surface area contributed by atoms with E-state index >= 15 is 0 Å². The number of hydrazine groups is 1. The van der Waals surface area contributed by atoms with Gasteiger partial charge >= 0.3 is 12.1 Å². The molecule has 1 aliphatic carbocycles. The molecule has 12 heteroatoms. The lowest BCUT2D eigenvalue weighted by Crippen LogP contribution is -2.41. The molecular formula is C23H21Cl2N5O5. The van der Waals surface area contributed by atoms with Gasteiger partial charge in [0, 0.05) is 18.7 Å². The number of carbonyl (C=O) groups is 3. The molecule has 4 rings (SSSR count). The number of primary amides is 1. The van der Waals surface area contributed by atoms with Crippen molar-refractivity contribution in [3.8, 4) is 17.6 Å². The maximum Gasteiger partial charge on any atom is 0.412 e. The number of ether oxygens (including phenoxy) is 2. The Balaban J connectivity index is 1.43. The Morgan fingerprint density at radius 1 is 1.23 bits per heavy atom. The highest BCUT2D eigenvalue weighted by atomic mass is 35.5. The Kier molecular flexibility index (Phi) is 7.31. The summed E-state index contributed by atoms with van der Waals surface area (Å²) in [4.78, 5) is 37.0. The van der Waals surface area contributed by atoms with Crippen LogP contribution in [0.1, 0.15) is 28.8 Å². The molecule has 0 spiro atoms. The lowest BCUT2D eigenvalue weighted by atomic mass is 9.98. The fourth-order valence-electron chi connectivity index (χ4n) is 3.67. The first-order valence-corrected chi connectivity index (χ1v) is 11.5. The zero-order valence-electron chi connectivity index (χ0n) is 18.3. The Morgan fingerprint density at radius 3 is 2.57 bits per heavy atom. The van der Waals surface area contributed by atoms with Crippen molar-refractivity contribution in [2.45, 2.75) is 25.3 Å². The topological polar surface area (TPSA) is 147 Å². The van der Waals surface area contributed by atoms with E-state index in [1.54, 1.807) is 18.2 Å². The molecule has 35 heavy (non-hydrogen) atoms. The minimum atomic E-state index is -1.52. The van der Waals surface area contributed by atoms with E-state index in [1.165, 1.54) is 25.0 Å². The van der Waals surface area contributed by atoms with Crippen LogP contribution in [0.3, 0.4) is 0 Å². The Hall–Kier alpha value is -3.52. The predicted octanol–water partition coefficient (Wildman–Crippen LogP) is 3.62. The van der Waals surface area contributed by atoms with Gasteiger partial charge in [-0.1, -0.05) is 23.2 Å². The number of hydrogen-bond donors (Lipinski definition) is 3. The highest BCUT2D eigenvalue weighted by Crippen LogP contribution is 2.39. The minimum Gasteiger partial charge on any atom is -0.454 e. The number of nitrogens with two attached hydrogens (primary N) is 1. The van der Waals surface area contributed by atoms with E-state index in [0.717, 1.165) is 18.5 Å². The molecule has 2 aromatic carbocycles. The molecule has 0 radical (unpaired) electrons. The van der Waals surface area contributed by atoms with E-state index in [1.807, 2.05) is 11.0 Å². The van der Waals surface area contributed by atoms with Crippen LogP contribution >= 0.6 is 23.2 Å².